The molecule has 0 amide bonds. The lowest BCUT2D eigenvalue weighted by Gasteiger charge is -2.22. The highest BCUT2D eigenvalue weighted by atomic mass is 79.9. The molecule has 1 aromatic carbocycles. The summed E-state index contributed by atoms with van der Waals surface area (Å²) in [6, 6.07) is 8.14. The van der Waals surface area contributed by atoms with Crippen molar-refractivity contribution in [2.45, 2.75) is 26.3 Å². The van der Waals surface area contributed by atoms with E-state index in [0.29, 0.717) is 10.8 Å². The van der Waals surface area contributed by atoms with Gasteiger partial charge < -0.3 is 11.1 Å². The van der Waals surface area contributed by atoms with Crippen LogP contribution in [-0.2, 0) is 0 Å². The van der Waals surface area contributed by atoms with Gasteiger partial charge in [-0.05, 0) is 43.1 Å². The van der Waals surface area contributed by atoms with Gasteiger partial charge in [0, 0.05) is 16.2 Å². The van der Waals surface area contributed by atoms with Crippen LogP contribution in [0.2, 0.25) is 5.02 Å². The minimum Gasteiger partial charge on any atom is -0.383 e. The van der Waals surface area contributed by atoms with Crippen molar-refractivity contribution < 1.29 is 0 Å². The number of nitrogens with one attached hydrogen (secondary N) is 1. The molecular weight excluding hydrogens is 350 g/mol. The van der Waals surface area contributed by atoms with E-state index >= 15 is 0 Å². The molecule has 0 aliphatic carbocycles. The Morgan fingerprint density at radius 1 is 1.33 bits per heavy atom. The van der Waals surface area contributed by atoms with E-state index in [1.807, 2.05) is 6.07 Å². The third-order valence-corrected chi connectivity index (χ3v) is 4.19. The first-order chi connectivity index (χ1) is 10.0. The maximum absolute atomic E-state index is 6.09. The van der Waals surface area contributed by atoms with E-state index in [-0.39, 0.29) is 6.04 Å². The van der Waals surface area contributed by atoms with Crippen molar-refractivity contribution in [1.82, 2.24) is 10.3 Å². The molecule has 1 aromatic heterocycles. The topological polar surface area (TPSA) is 50.9 Å². The lowest BCUT2D eigenvalue weighted by atomic mass is 9.98. The second-order valence-corrected chi connectivity index (χ2v) is 6.33. The fraction of sp³-hybridized carbons (Fsp3) is 0.312. The van der Waals surface area contributed by atoms with Crippen LogP contribution in [0.5, 0.6) is 0 Å². The molecule has 0 aliphatic heterocycles. The summed E-state index contributed by atoms with van der Waals surface area (Å²) in [5, 5.41) is 4.11. The molecule has 2 aromatic rings. The van der Waals surface area contributed by atoms with Crippen LogP contribution in [0.1, 0.15) is 36.1 Å². The number of nitrogens with two attached hydrogens (primary N) is 1. The van der Waals surface area contributed by atoms with Gasteiger partial charge in [0.1, 0.15) is 5.82 Å². The van der Waals surface area contributed by atoms with Gasteiger partial charge >= 0.3 is 0 Å². The molecular formula is C16H19BrClN3. The van der Waals surface area contributed by atoms with Crippen LogP contribution >= 0.6 is 27.5 Å². The second-order valence-electron chi connectivity index (χ2n) is 5.04. The Hall–Kier alpha value is -1.10. The molecule has 0 saturated carbocycles. The van der Waals surface area contributed by atoms with Crippen LogP contribution in [0.3, 0.4) is 0 Å². The fourth-order valence-corrected chi connectivity index (χ4v) is 3.13. The van der Waals surface area contributed by atoms with Crippen molar-refractivity contribution in [3.8, 4) is 0 Å². The average Bonchev–Trinajstić information content (AvgIpc) is 2.44. The van der Waals surface area contributed by atoms with Crippen molar-refractivity contribution in [2.75, 3.05) is 12.3 Å². The molecule has 112 valence electrons. The molecule has 0 fully saturated rings. The van der Waals surface area contributed by atoms with Crippen LogP contribution in [0.4, 0.5) is 5.82 Å². The number of aromatic nitrogens is 1. The fourth-order valence-electron chi connectivity index (χ4n) is 2.24. The third kappa shape index (κ3) is 3.96. The molecule has 1 unspecified atom stereocenters. The van der Waals surface area contributed by atoms with Gasteiger partial charge in [0.05, 0.1) is 11.1 Å². The summed E-state index contributed by atoms with van der Waals surface area (Å²) in [4.78, 5) is 4.17. The number of nitrogen functional groups attached to an aromatic ring is 1. The Morgan fingerprint density at radius 3 is 2.76 bits per heavy atom. The van der Waals surface area contributed by atoms with Gasteiger partial charge in [-0.15, -0.1) is 0 Å². The predicted molar refractivity (Wildman–Crippen MR) is 92.7 cm³/mol. The van der Waals surface area contributed by atoms with Gasteiger partial charge in [0.15, 0.2) is 0 Å². The van der Waals surface area contributed by atoms with E-state index in [0.717, 1.165) is 28.6 Å². The number of hydrogen-bond acceptors (Lipinski definition) is 3. The lowest BCUT2D eigenvalue weighted by molar-refractivity contribution is 0.597. The molecule has 5 heteroatoms. The SMILES string of the molecule is CCCNC(c1ccc(C)cc1Br)c1cc(Cl)cnc1N. The van der Waals surface area contributed by atoms with Crippen molar-refractivity contribution >= 4 is 33.3 Å². The monoisotopic (exact) mass is 367 g/mol. The number of rotatable bonds is 5. The normalized spacial score (nSPS) is 12.4. The first-order valence-corrected chi connectivity index (χ1v) is 8.10. The highest BCUT2D eigenvalue weighted by Crippen LogP contribution is 2.32. The summed E-state index contributed by atoms with van der Waals surface area (Å²) in [7, 11) is 0. The number of nitrogens with zero attached hydrogens (tertiary/aromatic N) is 1. The van der Waals surface area contributed by atoms with E-state index in [9.17, 15) is 0 Å². The van der Waals surface area contributed by atoms with E-state index < -0.39 is 0 Å². The summed E-state index contributed by atoms with van der Waals surface area (Å²) in [5.74, 6) is 0.500. The van der Waals surface area contributed by atoms with Crippen molar-refractivity contribution in [2.24, 2.45) is 0 Å². The van der Waals surface area contributed by atoms with Gasteiger partial charge in [0.2, 0.25) is 0 Å². The van der Waals surface area contributed by atoms with Crippen molar-refractivity contribution in [1.29, 1.82) is 0 Å². The van der Waals surface area contributed by atoms with E-state index in [2.05, 4.69) is 58.3 Å². The number of aryl methyl sites for hydroxylation is 1. The van der Waals surface area contributed by atoms with Gasteiger partial charge in [0.25, 0.3) is 0 Å². The van der Waals surface area contributed by atoms with E-state index in [4.69, 9.17) is 17.3 Å². The molecule has 1 atom stereocenters. The number of hydrogen-bond donors (Lipinski definition) is 2. The maximum Gasteiger partial charge on any atom is 0.128 e. The summed E-state index contributed by atoms with van der Waals surface area (Å²) in [5.41, 5.74) is 9.29. The molecule has 2 rings (SSSR count). The number of benzene rings is 1. The molecule has 1 heterocycles. The molecule has 0 spiro atoms. The first kappa shape index (κ1) is 16.3. The number of anilines is 1. The van der Waals surface area contributed by atoms with Crippen LogP contribution < -0.4 is 11.1 Å². The minimum atomic E-state index is -0.0360. The summed E-state index contributed by atoms with van der Waals surface area (Å²) in [6.45, 7) is 5.09. The molecule has 0 bridgehead atoms. The van der Waals surface area contributed by atoms with Crippen LogP contribution in [0, 0.1) is 6.92 Å². The van der Waals surface area contributed by atoms with E-state index in [1.165, 1.54) is 5.56 Å². The Bertz CT molecular complexity index is 631. The van der Waals surface area contributed by atoms with Crippen LogP contribution in [0.15, 0.2) is 34.9 Å². The number of halogens is 2. The lowest BCUT2D eigenvalue weighted by Crippen LogP contribution is -2.24. The van der Waals surface area contributed by atoms with Gasteiger partial charge in [-0.2, -0.15) is 0 Å². The van der Waals surface area contributed by atoms with E-state index in [1.54, 1.807) is 6.20 Å². The summed E-state index contributed by atoms with van der Waals surface area (Å²) < 4.78 is 1.05. The Balaban J connectivity index is 2.49. The average molecular weight is 369 g/mol. The number of pyridine rings is 1. The molecule has 0 aliphatic rings. The van der Waals surface area contributed by atoms with Gasteiger partial charge in [-0.25, -0.2) is 4.98 Å². The second kappa shape index (κ2) is 7.25. The third-order valence-electron chi connectivity index (χ3n) is 3.29. The molecule has 0 saturated heterocycles. The predicted octanol–water partition coefficient (Wildman–Crippen LogP) is 4.48. The first-order valence-electron chi connectivity index (χ1n) is 6.93. The molecule has 3 nitrogen and oxygen atoms in total. The minimum absolute atomic E-state index is 0.0360. The largest absolute Gasteiger partial charge is 0.383 e. The zero-order valence-corrected chi connectivity index (χ0v) is 14.5. The molecule has 0 radical (unpaired) electrons. The highest BCUT2D eigenvalue weighted by Gasteiger charge is 2.19. The Kier molecular flexibility index (Phi) is 5.62. The maximum atomic E-state index is 6.09. The van der Waals surface area contributed by atoms with Crippen LogP contribution in [0.25, 0.3) is 0 Å². The van der Waals surface area contributed by atoms with Crippen molar-refractivity contribution in [3.05, 3.63) is 56.6 Å². The Morgan fingerprint density at radius 2 is 2.10 bits per heavy atom. The van der Waals surface area contributed by atoms with Crippen LogP contribution in [-0.4, -0.2) is 11.5 Å². The zero-order valence-electron chi connectivity index (χ0n) is 12.2. The summed E-state index contributed by atoms with van der Waals surface area (Å²) in [6.07, 6.45) is 2.61. The quantitative estimate of drug-likeness (QED) is 0.818. The smallest absolute Gasteiger partial charge is 0.128 e. The Labute approximate surface area is 139 Å². The van der Waals surface area contributed by atoms with Gasteiger partial charge in [-0.3, -0.25) is 0 Å². The zero-order chi connectivity index (χ0) is 15.4. The van der Waals surface area contributed by atoms with Crippen molar-refractivity contribution in [3.63, 3.8) is 0 Å². The highest BCUT2D eigenvalue weighted by molar-refractivity contribution is 9.10. The molecule has 3 N–H and O–H groups in total. The molecule has 21 heavy (non-hydrogen) atoms. The van der Waals surface area contributed by atoms with Gasteiger partial charge in [-0.1, -0.05) is 46.6 Å². The summed E-state index contributed by atoms with van der Waals surface area (Å²) >= 11 is 9.74. The standard InChI is InChI=1S/C16H19BrClN3/c1-3-6-20-15(12-5-4-10(2)7-14(12)17)13-8-11(18)9-21-16(13)19/h4-5,7-9,15,20H,3,6H2,1-2H3,(H2,19,21).